The third kappa shape index (κ3) is 3.57. The minimum atomic E-state index is -3.82. The van der Waals surface area contributed by atoms with Crippen LogP contribution < -0.4 is 0 Å². The number of nitrogens with zero attached hydrogens (tertiary/aromatic N) is 1. The Bertz CT molecular complexity index is 359. The molecule has 0 N–H and O–H groups in total. The van der Waals surface area contributed by atoms with Crippen molar-refractivity contribution in [3.05, 3.63) is 0 Å². The van der Waals surface area contributed by atoms with Crippen LogP contribution in [0.2, 0.25) is 0 Å². The molecule has 0 radical (unpaired) electrons. The predicted molar refractivity (Wildman–Crippen MR) is 55.5 cm³/mol. The Kier molecular flexibility index (Phi) is 4.43. The summed E-state index contributed by atoms with van der Waals surface area (Å²) < 4.78 is 27.2. The topological polar surface area (TPSA) is 80.8 Å². The van der Waals surface area contributed by atoms with Gasteiger partial charge in [0, 0.05) is 12.8 Å². The molecule has 1 saturated heterocycles. The van der Waals surface area contributed by atoms with Crippen LogP contribution in [0.15, 0.2) is 0 Å². The third-order valence-electron chi connectivity index (χ3n) is 2.19. The van der Waals surface area contributed by atoms with Gasteiger partial charge in [-0.05, 0) is 6.42 Å². The van der Waals surface area contributed by atoms with Crippen molar-refractivity contribution in [3.8, 4) is 0 Å². The van der Waals surface area contributed by atoms with Gasteiger partial charge < -0.3 is 0 Å². The lowest BCUT2D eigenvalue weighted by atomic mass is 10.3. The molecule has 0 bridgehead atoms. The van der Waals surface area contributed by atoms with Gasteiger partial charge in [-0.25, -0.2) is 0 Å². The summed E-state index contributed by atoms with van der Waals surface area (Å²) in [6.45, 7) is 1.95. The third-order valence-corrected chi connectivity index (χ3v) is 3.36. The predicted octanol–water partition coefficient (Wildman–Crippen LogP) is 0.587. The highest BCUT2D eigenvalue weighted by atomic mass is 32.2. The molecular weight excluding hydrogens is 234 g/mol. The molecule has 0 aromatic heterocycles. The van der Waals surface area contributed by atoms with E-state index in [4.69, 9.17) is 0 Å². The van der Waals surface area contributed by atoms with Gasteiger partial charge in [0.1, 0.15) is 0 Å². The molecule has 6 nitrogen and oxygen atoms in total. The van der Waals surface area contributed by atoms with Crippen LogP contribution in [0.4, 0.5) is 0 Å². The van der Waals surface area contributed by atoms with E-state index in [0.717, 1.165) is 12.8 Å². The van der Waals surface area contributed by atoms with E-state index < -0.39 is 21.9 Å². The van der Waals surface area contributed by atoms with Gasteiger partial charge in [-0.3, -0.25) is 9.59 Å². The molecule has 0 unspecified atom stereocenters. The van der Waals surface area contributed by atoms with Crippen molar-refractivity contribution < 1.29 is 22.3 Å². The molecule has 1 fully saturated rings. The zero-order valence-corrected chi connectivity index (χ0v) is 9.96. The molecule has 16 heavy (non-hydrogen) atoms. The lowest BCUT2D eigenvalue weighted by molar-refractivity contribution is -0.163. The van der Waals surface area contributed by atoms with Gasteiger partial charge >= 0.3 is 0 Å². The van der Waals surface area contributed by atoms with Gasteiger partial charge in [0.25, 0.3) is 21.9 Å². The first-order valence-corrected chi connectivity index (χ1v) is 6.82. The maximum Gasteiger partial charge on any atom is 0.288 e. The summed E-state index contributed by atoms with van der Waals surface area (Å²) in [6.07, 6.45) is 2.16. The van der Waals surface area contributed by atoms with Gasteiger partial charge in [0.2, 0.25) is 0 Å². The van der Waals surface area contributed by atoms with Gasteiger partial charge in [-0.2, -0.15) is 8.42 Å². The van der Waals surface area contributed by atoms with E-state index in [1.165, 1.54) is 0 Å². The second kappa shape index (κ2) is 5.40. The summed E-state index contributed by atoms with van der Waals surface area (Å²) in [7, 11) is -3.82. The fraction of sp³-hybridized carbons (Fsp3) is 0.778. The molecule has 0 aromatic rings. The first-order valence-electron chi connectivity index (χ1n) is 5.24. The van der Waals surface area contributed by atoms with E-state index in [0.29, 0.717) is 11.5 Å². The second-order valence-electron chi connectivity index (χ2n) is 3.63. The SMILES string of the molecule is CCCCCS(=O)(=O)ON1C(=O)CCC1=O. The summed E-state index contributed by atoms with van der Waals surface area (Å²) in [5.41, 5.74) is 0. The zero-order chi connectivity index (χ0) is 12.2. The molecule has 1 aliphatic heterocycles. The zero-order valence-electron chi connectivity index (χ0n) is 9.14. The molecule has 0 spiro atoms. The fourth-order valence-corrected chi connectivity index (χ4v) is 2.34. The molecular formula is C9H15NO5S. The van der Waals surface area contributed by atoms with Crippen molar-refractivity contribution in [2.24, 2.45) is 0 Å². The maximum atomic E-state index is 11.4. The van der Waals surface area contributed by atoms with Crippen LogP contribution in [-0.4, -0.2) is 31.0 Å². The van der Waals surface area contributed by atoms with Crippen LogP contribution in [-0.2, 0) is 24.0 Å². The van der Waals surface area contributed by atoms with E-state index in [2.05, 4.69) is 4.28 Å². The van der Waals surface area contributed by atoms with Crippen molar-refractivity contribution in [2.75, 3.05) is 5.75 Å². The van der Waals surface area contributed by atoms with Crippen LogP contribution in [0.1, 0.15) is 39.0 Å². The Hall–Kier alpha value is -0.950. The van der Waals surface area contributed by atoms with Crippen LogP contribution in [0.5, 0.6) is 0 Å². The Morgan fingerprint density at radius 2 is 1.75 bits per heavy atom. The quantitative estimate of drug-likeness (QED) is 0.508. The maximum absolute atomic E-state index is 11.4. The standard InChI is InChI=1S/C9H15NO5S/c1-2-3-4-7-16(13,14)15-10-8(11)5-6-9(10)12/h2-7H2,1H3. The van der Waals surface area contributed by atoms with E-state index in [1.54, 1.807) is 0 Å². The van der Waals surface area contributed by atoms with Crippen molar-refractivity contribution in [1.82, 2.24) is 5.06 Å². The number of carbonyl (C=O) groups excluding carboxylic acids is 2. The smallest absolute Gasteiger partial charge is 0.272 e. The van der Waals surface area contributed by atoms with E-state index in [1.807, 2.05) is 6.92 Å². The first-order chi connectivity index (χ1) is 7.46. The van der Waals surface area contributed by atoms with Crippen LogP contribution in [0, 0.1) is 0 Å². The summed E-state index contributed by atoms with van der Waals surface area (Å²) in [5, 5.41) is 0.362. The Balaban J connectivity index is 2.52. The lowest BCUT2D eigenvalue weighted by Gasteiger charge is -2.12. The van der Waals surface area contributed by atoms with Crippen molar-refractivity contribution in [1.29, 1.82) is 0 Å². The minimum Gasteiger partial charge on any atom is -0.272 e. The number of hydroxylamine groups is 2. The van der Waals surface area contributed by atoms with E-state index in [-0.39, 0.29) is 18.6 Å². The molecule has 1 aliphatic rings. The number of hydrogen-bond donors (Lipinski definition) is 0. The molecule has 7 heteroatoms. The first kappa shape index (κ1) is 13.1. The van der Waals surface area contributed by atoms with Crippen LogP contribution >= 0.6 is 0 Å². The summed E-state index contributed by atoms with van der Waals surface area (Å²) in [4.78, 5) is 22.2. The van der Waals surface area contributed by atoms with Gasteiger partial charge in [0.15, 0.2) is 0 Å². The van der Waals surface area contributed by atoms with Crippen molar-refractivity contribution in [2.45, 2.75) is 39.0 Å². The molecule has 0 aliphatic carbocycles. The van der Waals surface area contributed by atoms with Crippen molar-refractivity contribution in [3.63, 3.8) is 0 Å². The molecule has 1 rings (SSSR count). The van der Waals surface area contributed by atoms with Crippen LogP contribution in [0.25, 0.3) is 0 Å². The van der Waals surface area contributed by atoms with Crippen LogP contribution in [0.3, 0.4) is 0 Å². The highest BCUT2D eigenvalue weighted by Crippen LogP contribution is 2.15. The monoisotopic (exact) mass is 249 g/mol. The molecule has 92 valence electrons. The largest absolute Gasteiger partial charge is 0.288 e. The number of imide groups is 1. The number of rotatable bonds is 6. The second-order valence-corrected chi connectivity index (χ2v) is 5.30. The molecule has 2 amide bonds. The number of amides is 2. The van der Waals surface area contributed by atoms with E-state index >= 15 is 0 Å². The lowest BCUT2D eigenvalue weighted by Crippen LogP contribution is -2.33. The average molecular weight is 249 g/mol. The molecule has 0 saturated carbocycles. The molecule has 0 atom stereocenters. The average Bonchev–Trinajstić information content (AvgIpc) is 2.49. The highest BCUT2D eigenvalue weighted by molar-refractivity contribution is 7.86. The van der Waals surface area contributed by atoms with Gasteiger partial charge in [-0.1, -0.05) is 19.8 Å². The van der Waals surface area contributed by atoms with Gasteiger partial charge in [-0.15, -0.1) is 9.35 Å². The number of hydrogen-bond acceptors (Lipinski definition) is 5. The molecule has 0 aromatic carbocycles. The highest BCUT2D eigenvalue weighted by Gasteiger charge is 2.34. The van der Waals surface area contributed by atoms with Gasteiger partial charge in [0.05, 0.1) is 5.75 Å². The minimum absolute atomic E-state index is 0.0172. The fourth-order valence-electron chi connectivity index (χ4n) is 1.32. The number of carbonyl (C=O) groups is 2. The Morgan fingerprint density at radius 3 is 2.25 bits per heavy atom. The van der Waals surface area contributed by atoms with Crippen molar-refractivity contribution >= 4 is 21.9 Å². The summed E-state index contributed by atoms with van der Waals surface area (Å²) in [6, 6.07) is 0. The Morgan fingerprint density at radius 1 is 1.19 bits per heavy atom. The summed E-state index contributed by atoms with van der Waals surface area (Å²) in [5.74, 6) is -1.36. The Labute approximate surface area is 94.6 Å². The van der Waals surface area contributed by atoms with E-state index in [9.17, 15) is 18.0 Å². The normalized spacial score (nSPS) is 17.2. The summed E-state index contributed by atoms with van der Waals surface area (Å²) >= 11 is 0. The number of unbranched alkanes of at least 4 members (excludes halogenated alkanes) is 2. The molecule has 1 heterocycles.